The Hall–Kier alpha value is -3.76. The average Bonchev–Trinajstić information content (AvgIpc) is 3.75. The summed E-state index contributed by atoms with van der Waals surface area (Å²) in [5.74, 6) is -5.05. The van der Waals surface area contributed by atoms with Gasteiger partial charge in [0, 0.05) is 68.1 Å². The Morgan fingerprint density at radius 3 is 2.41 bits per heavy atom. The van der Waals surface area contributed by atoms with E-state index in [1.54, 1.807) is 58.2 Å². The van der Waals surface area contributed by atoms with Crippen molar-refractivity contribution >= 4 is 23.6 Å². The average molecular weight is 784 g/mol. The minimum atomic E-state index is -1.40. The molecule has 5 heterocycles. The number of aryl methyl sites for hydroxylation is 1. The van der Waals surface area contributed by atoms with E-state index in [0.29, 0.717) is 32.4 Å². The van der Waals surface area contributed by atoms with Crippen LogP contribution in [0.25, 0.3) is 11.3 Å². The largest absolute Gasteiger partial charge is 0.458 e. The highest BCUT2D eigenvalue weighted by Gasteiger charge is 2.60. The standard InChI is InChI=1S/C41H61N5O10/c1-10-31-41(8)35(46(39(51)56-41)17-12-11-16-45-21-30(44-22-45)28-14-13-15-43-20-28)25(4)32(47)23(2)19-40(7,52-9)36(26(5)33(48)27(6)37(50)54-31)55-38-34(49)29(42)18-24(3)53-38/h13-15,20-27,29,31,34-36,38,49H,10-12,16-19,42H2,1-9H3/t23-,24-,25+,26+,27-,29?,31-,34?,35-,36-,38+,40-,41-/m1/s1. The van der Waals surface area contributed by atoms with Crippen LogP contribution in [0.5, 0.6) is 0 Å². The topological polar surface area (TPSA) is 195 Å². The number of amides is 1. The summed E-state index contributed by atoms with van der Waals surface area (Å²) in [6, 6.07) is 2.38. The number of fused-ring (bicyclic) bond motifs is 1. The molecule has 0 aliphatic carbocycles. The van der Waals surface area contributed by atoms with Crippen molar-refractivity contribution in [3.05, 3.63) is 37.1 Å². The number of cyclic esters (lactones) is 1. The summed E-state index contributed by atoms with van der Waals surface area (Å²) >= 11 is 0. The predicted molar refractivity (Wildman–Crippen MR) is 205 cm³/mol. The molecule has 3 aliphatic heterocycles. The lowest BCUT2D eigenvalue weighted by Crippen LogP contribution is -2.60. The third kappa shape index (κ3) is 8.86. The number of carbonyl (C=O) groups excluding carboxylic acids is 4. The molecule has 15 nitrogen and oxygen atoms in total. The van der Waals surface area contributed by atoms with Crippen LogP contribution >= 0.6 is 0 Å². The van der Waals surface area contributed by atoms with Gasteiger partial charge in [0.15, 0.2) is 17.7 Å². The van der Waals surface area contributed by atoms with Crippen LogP contribution in [-0.4, -0.2) is 116 Å². The van der Waals surface area contributed by atoms with Gasteiger partial charge in [0.1, 0.15) is 23.9 Å². The summed E-state index contributed by atoms with van der Waals surface area (Å²) in [5.41, 5.74) is 5.26. The Morgan fingerprint density at radius 1 is 1.04 bits per heavy atom. The Morgan fingerprint density at radius 2 is 1.75 bits per heavy atom. The molecule has 15 heteroatoms. The van der Waals surface area contributed by atoms with Crippen molar-refractivity contribution < 1.29 is 48.0 Å². The zero-order valence-corrected chi connectivity index (χ0v) is 34.3. The van der Waals surface area contributed by atoms with Gasteiger partial charge in [-0.1, -0.05) is 27.7 Å². The summed E-state index contributed by atoms with van der Waals surface area (Å²) in [5, 5.41) is 11.0. The molecule has 2 unspecified atom stereocenters. The lowest BCUT2D eigenvalue weighted by molar-refractivity contribution is -0.288. The number of ketones is 2. The van der Waals surface area contributed by atoms with Crippen LogP contribution in [0.2, 0.25) is 0 Å². The number of aromatic nitrogens is 3. The first-order valence-corrected chi connectivity index (χ1v) is 19.9. The molecule has 2 aromatic rings. The monoisotopic (exact) mass is 783 g/mol. The van der Waals surface area contributed by atoms with Crippen LogP contribution < -0.4 is 5.73 Å². The van der Waals surface area contributed by atoms with E-state index < -0.39 is 89.4 Å². The number of pyridine rings is 1. The number of aliphatic hydroxyl groups excluding tert-OH is 1. The molecule has 0 bridgehead atoms. The van der Waals surface area contributed by atoms with E-state index in [-0.39, 0.29) is 24.7 Å². The molecule has 0 spiro atoms. The van der Waals surface area contributed by atoms with E-state index in [0.717, 1.165) is 11.3 Å². The molecule has 0 saturated carbocycles. The second-order valence-electron chi connectivity index (χ2n) is 16.5. The third-order valence-corrected chi connectivity index (χ3v) is 12.2. The summed E-state index contributed by atoms with van der Waals surface area (Å²) in [4.78, 5) is 66.8. The van der Waals surface area contributed by atoms with Crippen LogP contribution in [0.15, 0.2) is 37.1 Å². The van der Waals surface area contributed by atoms with Gasteiger partial charge < -0.3 is 44.0 Å². The Balaban J connectivity index is 1.43. The lowest BCUT2D eigenvalue weighted by atomic mass is 9.73. The minimum absolute atomic E-state index is 0.111. The predicted octanol–water partition coefficient (Wildman–Crippen LogP) is 4.33. The van der Waals surface area contributed by atoms with Crippen LogP contribution in [0, 0.1) is 23.7 Å². The van der Waals surface area contributed by atoms with E-state index in [4.69, 9.17) is 29.4 Å². The molecule has 3 N–H and O–H groups in total. The number of ether oxygens (including phenoxy) is 5. The summed E-state index contributed by atoms with van der Waals surface area (Å²) < 4.78 is 32.7. The molecule has 3 fully saturated rings. The summed E-state index contributed by atoms with van der Waals surface area (Å²) in [6.45, 7) is 14.7. The number of hydrogen-bond donors (Lipinski definition) is 2. The number of carbonyl (C=O) groups is 4. The molecular weight excluding hydrogens is 722 g/mol. The van der Waals surface area contributed by atoms with Crippen molar-refractivity contribution in [1.82, 2.24) is 19.4 Å². The first-order valence-electron chi connectivity index (χ1n) is 19.9. The molecule has 56 heavy (non-hydrogen) atoms. The highest BCUT2D eigenvalue weighted by molar-refractivity contribution is 6.00. The molecule has 3 saturated heterocycles. The number of nitrogens with two attached hydrogens (primary N) is 1. The number of aliphatic hydroxyl groups is 1. The Bertz CT molecular complexity index is 1690. The van der Waals surface area contributed by atoms with Gasteiger partial charge in [-0.2, -0.15) is 0 Å². The van der Waals surface area contributed by atoms with Gasteiger partial charge in [0.25, 0.3) is 0 Å². The number of hydrogen-bond acceptors (Lipinski definition) is 13. The SMILES string of the molecule is CC[C@H]1OC(=O)[C@H](C)C(=O)[C@H](C)[C@@H](O[C@@H]2O[C@H](C)CC(N)C2O)[C@](C)(OC)C[C@@H](C)C(=O)[C@H](C)[C@H]2N(CCCCn3cnc(-c4cccnc4)c3)C(=O)O[C@]12C. The van der Waals surface area contributed by atoms with Crippen molar-refractivity contribution in [2.24, 2.45) is 29.4 Å². The maximum absolute atomic E-state index is 14.6. The molecule has 13 atom stereocenters. The van der Waals surface area contributed by atoms with Crippen LogP contribution in [-0.2, 0) is 44.6 Å². The lowest BCUT2D eigenvalue weighted by Gasteiger charge is -2.46. The highest BCUT2D eigenvalue weighted by atomic mass is 16.7. The number of nitrogens with zero attached hydrogens (tertiary/aromatic N) is 4. The number of Topliss-reactive ketones (excluding diaryl/α,β-unsaturated/α-hetero) is 2. The Kier molecular flexibility index (Phi) is 13.8. The number of esters is 1. The maximum Gasteiger partial charge on any atom is 0.410 e. The number of methoxy groups -OCH3 is 1. The van der Waals surface area contributed by atoms with Gasteiger partial charge in [-0.25, -0.2) is 9.78 Å². The van der Waals surface area contributed by atoms with E-state index in [1.807, 2.05) is 36.7 Å². The van der Waals surface area contributed by atoms with Gasteiger partial charge in [-0.3, -0.25) is 19.4 Å². The van der Waals surface area contributed by atoms with Crippen LogP contribution in [0.1, 0.15) is 87.5 Å². The van der Waals surface area contributed by atoms with Crippen LogP contribution in [0.3, 0.4) is 0 Å². The fourth-order valence-electron chi connectivity index (χ4n) is 8.98. The zero-order chi connectivity index (χ0) is 41.1. The smallest absolute Gasteiger partial charge is 0.410 e. The van der Waals surface area contributed by atoms with Crippen molar-refractivity contribution in [2.75, 3.05) is 13.7 Å². The van der Waals surface area contributed by atoms with Crippen molar-refractivity contribution in [3.8, 4) is 11.3 Å². The summed E-state index contributed by atoms with van der Waals surface area (Å²) in [6.07, 6.45) is 3.92. The van der Waals surface area contributed by atoms with Gasteiger partial charge >= 0.3 is 12.1 Å². The van der Waals surface area contributed by atoms with Crippen LogP contribution in [0.4, 0.5) is 4.79 Å². The van der Waals surface area contributed by atoms with Gasteiger partial charge in [0.05, 0.1) is 35.9 Å². The minimum Gasteiger partial charge on any atom is -0.458 e. The van der Waals surface area contributed by atoms with E-state index >= 15 is 0 Å². The fourth-order valence-corrected chi connectivity index (χ4v) is 8.98. The quantitative estimate of drug-likeness (QED) is 0.197. The van der Waals surface area contributed by atoms with E-state index in [1.165, 1.54) is 14.0 Å². The van der Waals surface area contributed by atoms with Gasteiger partial charge in [-0.15, -0.1) is 0 Å². The zero-order valence-electron chi connectivity index (χ0n) is 34.3. The van der Waals surface area contributed by atoms with E-state index in [2.05, 4.69) is 9.97 Å². The first kappa shape index (κ1) is 43.4. The highest BCUT2D eigenvalue weighted by Crippen LogP contribution is 2.43. The maximum atomic E-state index is 14.6. The molecule has 0 radical (unpaired) electrons. The molecule has 2 aromatic heterocycles. The number of imidazole rings is 1. The molecule has 3 aliphatic rings. The third-order valence-electron chi connectivity index (χ3n) is 12.2. The molecular formula is C41H61N5O10. The normalized spacial score (nSPS) is 37.5. The molecule has 310 valence electrons. The first-order chi connectivity index (χ1) is 26.4. The number of rotatable bonds is 10. The number of unbranched alkanes of at least 4 members (excludes halogenated alkanes) is 1. The van der Waals surface area contributed by atoms with Crippen molar-refractivity contribution in [3.63, 3.8) is 0 Å². The summed E-state index contributed by atoms with van der Waals surface area (Å²) in [7, 11) is 1.47. The fraction of sp³-hybridized carbons (Fsp3) is 0.707. The van der Waals surface area contributed by atoms with Crippen molar-refractivity contribution in [2.45, 2.75) is 148 Å². The Labute approximate surface area is 329 Å². The second-order valence-corrected chi connectivity index (χ2v) is 16.5. The van der Waals surface area contributed by atoms with Gasteiger partial charge in [0.2, 0.25) is 0 Å². The molecule has 0 aromatic carbocycles. The molecule has 1 amide bonds. The molecule has 5 rings (SSSR count). The van der Waals surface area contributed by atoms with Gasteiger partial charge in [-0.05, 0) is 71.9 Å². The second kappa shape index (κ2) is 17.8. The van der Waals surface area contributed by atoms with Crippen molar-refractivity contribution in [1.29, 1.82) is 0 Å². The van der Waals surface area contributed by atoms with E-state index in [9.17, 15) is 24.3 Å².